The predicted octanol–water partition coefficient (Wildman–Crippen LogP) is 3.40. The summed E-state index contributed by atoms with van der Waals surface area (Å²) in [4.78, 5) is 12.2. The molecule has 2 aromatic rings. The van der Waals surface area contributed by atoms with Gasteiger partial charge in [0.15, 0.2) is 11.5 Å². The van der Waals surface area contributed by atoms with Gasteiger partial charge in [0.05, 0.1) is 24.9 Å². The normalized spacial score (nSPS) is 10.6. The number of rotatable bonds is 6. The van der Waals surface area contributed by atoms with E-state index in [1.54, 1.807) is 30.3 Å². The molecule has 0 radical (unpaired) electrons. The number of carbonyl (C=O) groups excluding carboxylic acids is 1. The third-order valence-electron chi connectivity index (χ3n) is 3.39. The summed E-state index contributed by atoms with van der Waals surface area (Å²) in [7, 11) is 3.05. The van der Waals surface area contributed by atoms with Crippen LogP contribution in [0, 0.1) is 11.3 Å². The number of nitriles is 1. The van der Waals surface area contributed by atoms with Crippen LogP contribution in [0.4, 0.5) is 17.1 Å². The van der Waals surface area contributed by atoms with Gasteiger partial charge in [0.2, 0.25) is 0 Å². The molecule has 0 atom stereocenters. The van der Waals surface area contributed by atoms with Crippen LogP contribution in [0.25, 0.3) is 0 Å². The molecule has 4 N–H and O–H groups in total. The standard InChI is InChI=1S/C18H17ClN4O3/c1-25-16-6-4-12(8-17(16)26-2)22-10-11(9-20)18(24)23-13-3-5-15(21)14(19)7-13/h3-8,10,22H,21H2,1-2H3,(H,23,24)/b11-10-. The third kappa shape index (κ3) is 4.59. The Labute approximate surface area is 156 Å². The van der Waals surface area contributed by atoms with Gasteiger partial charge < -0.3 is 25.8 Å². The summed E-state index contributed by atoms with van der Waals surface area (Å²) >= 11 is 5.91. The first kappa shape index (κ1) is 19.0. The lowest BCUT2D eigenvalue weighted by molar-refractivity contribution is -0.112. The number of nitrogens with zero attached hydrogens (tertiary/aromatic N) is 1. The van der Waals surface area contributed by atoms with E-state index in [-0.39, 0.29) is 5.57 Å². The molecule has 1 amide bonds. The fourth-order valence-electron chi connectivity index (χ4n) is 2.03. The minimum Gasteiger partial charge on any atom is -0.493 e. The number of carbonyl (C=O) groups is 1. The highest BCUT2D eigenvalue weighted by Crippen LogP contribution is 2.29. The topological polar surface area (TPSA) is 109 Å². The SMILES string of the molecule is COc1ccc(N/C=C(/C#N)C(=O)Nc2ccc(N)c(Cl)c2)cc1OC. The molecule has 2 aromatic carbocycles. The number of nitrogen functional groups attached to an aromatic ring is 1. The second-order valence-corrected chi connectivity index (χ2v) is 5.48. The van der Waals surface area contributed by atoms with Crippen molar-refractivity contribution >= 4 is 34.6 Å². The highest BCUT2D eigenvalue weighted by molar-refractivity contribution is 6.33. The molecule has 0 bridgehead atoms. The van der Waals surface area contributed by atoms with Crippen LogP contribution in [0.2, 0.25) is 5.02 Å². The van der Waals surface area contributed by atoms with E-state index in [1.807, 2.05) is 6.07 Å². The maximum Gasteiger partial charge on any atom is 0.267 e. The van der Waals surface area contributed by atoms with Crippen molar-refractivity contribution in [3.05, 3.63) is 53.2 Å². The highest BCUT2D eigenvalue weighted by atomic mass is 35.5. The molecule has 2 rings (SSSR count). The zero-order valence-electron chi connectivity index (χ0n) is 14.2. The monoisotopic (exact) mass is 372 g/mol. The van der Waals surface area contributed by atoms with Gasteiger partial charge in [0.25, 0.3) is 5.91 Å². The molecule has 7 nitrogen and oxygen atoms in total. The van der Waals surface area contributed by atoms with Crippen LogP contribution in [0.3, 0.4) is 0 Å². The van der Waals surface area contributed by atoms with Crippen LogP contribution in [0.15, 0.2) is 48.2 Å². The van der Waals surface area contributed by atoms with Gasteiger partial charge in [-0.2, -0.15) is 5.26 Å². The van der Waals surface area contributed by atoms with Crippen molar-refractivity contribution in [1.82, 2.24) is 0 Å². The van der Waals surface area contributed by atoms with Crippen LogP contribution in [-0.2, 0) is 4.79 Å². The van der Waals surface area contributed by atoms with Crippen LogP contribution in [-0.4, -0.2) is 20.1 Å². The second kappa shape index (κ2) is 8.65. The molecule has 0 aliphatic carbocycles. The molecule has 0 aromatic heterocycles. The summed E-state index contributed by atoms with van der Waals surface area (Å²) in [5.74, 6) is 0.507. The summed E-state index contributed by atoms with van der Waals surface area (Å²) in [6.45, 7) is 0. The Balaban J connectivity index is 2.13. The maximum absolute atomic E-state index is 12.2. The summed E-state index contributed by atoms with van der Waals surface area (Å²) < 4.78 is 10.4. The van der Waals surface area contributed by atoms with Crippen LogP contribution in [0.1, 0.15) is 0 Å². The van der Waals surface area contributed by atoms with Crippen molar-refractivity contribution in [3.8, 4) is 17.6 Å². The molecule has 0 aliphatic heterocycles. The molecule has 0 saturated heterocycles. The Bertz CT molecular complexity index is 890. The fraction of sp³-hybridized carbons (Fsp3) is 0.111. The zero-order valence-corrected chi connectivity index (χ0v) is 14.9. The van der Waals surface area contributed by atoms with Crippen molar-refractivity contribution in [2.45, 2.75) is 0 Å². The van der Waals surface area contributed by atoms with Crippen molar-refractivity contribution < 1.29 is 14.3 Å². The first-order valence-electron chi connectivity index (χ1n) is 7.43. The van der Waals surface area contributed by atoms with Gasteiger partial charge in [-0.1, -0.05) is 11.6 Å². The zero-order chi connectivity index (χ0) is 19.1. The van der Waals surface area contributed by atoms with E-state index in [0.717, 1.165) is 0 Å². The van der Waals surface area contributed by atoms with E-state index >= 15 is 0 Å². The summed E-state index contributed by atoms with van der Waals surface area (Å²) in [6, 6.07) is 11.6. The molecule has 0 spiro atoms. The van der Waals surface area contributed by atoms with Gasteiger partial charge in [-0.15, -0.1) is 0 Å². The van der Waals surface area contributed by atoms with Gasteiger partial charge in [0, 0.05) is 23.6 Å². The number of hydrogen-bond acceptors (Lipinski definition) is 6. The number of methoxy groups -OCH3 is 2. The van der Waals surface area contributed by atoms with Gasteiger partial charge in [-0.3, -0.25) is 4.79 Å². The molecule has 0 unspecified atom stereocenters. The Morgan fingerprint density at radius 1 is 1.15 bits per heavy atom. The quantitative estimate of drug-likeness (QED) is 0.407. The first-order valence-corrected chi connectivity index (χ1v) is 7.81. The number of anilines is 3. The number of hydrogen-bond donors (Lipinski definition) is 3. The molecule has 26 heavy (non-hydrogen) atoms. The summed E-state index contributed by atoms with van der Waals surface area (Å²) in [5.41, 5.74) is 6.96. The second-order valence-electron chi connectivity index (χ2n) is 5.07. The minimum atomic E-state index is -0.582. The number of nitrogens with two attached hydrogens (primary N) is 1. The van der Waals surface area contributed by atoms with Crippen LogP contribution in [0.5, 0.6) is 11.5 Å². The summed E-state index contributed by atoms with van der Waals surface area (Å²) in [5, 5.41) is 15.0. The molecule has 134 valence electrons. The maximum atomic E-state index is 12.2. The van der Waals surface area contributed by atoms with E-state index in [2.05, 4.69) is 10.6 Å². The van der Waals surface area contributed by atoms with Crippen molar-refractivity contribution in [1.29, 1.82) is 5.26 Å². The Morgan fingerprint density at radius 2 is 1.85 bits per heavy atom. The van der Waals surface area contributed by atoms with E-state index in [4.69, 9.17) is 26.8 Å². The van der Waals surface area contributed by atoms with Gasteiger partial charge >= 0.3 is 0 Å². The van der Waals surface area contributed by atoms with Crippen molar-refractivity contribution in [2.75, 3.05) is 30.6 Å². The number of ether oxygens (including phenoxy) is 2. The average molecular weight is 373 g/mol. The van der Waals surface area contributed by atoms with Gasteiger partial charge in [0.1, 0.15) is 11.6 Å². The third-order valence-corrected chi connectivity index (χ3v) is 3.72. The fourth-order valence-corrected chi connectivity index (χ4v) is 2.21. The molecular weight excluding hydrogens is 356 g/mol. The lowest BCUT2D eigenvalue weighted by Gasteiger charge is -2.10. The Morgan fingerprint density at radius 3 is 2.46 bits per heavy atom. The van der Waals surface area contributed by atoms with Gasteiger partial charge in [-0.25, -0.2) is 0 Å². The average Bonchev–Trinajstić information content (AvgIpc) is 2.65. The predicted molar refractivity (Wildman–Crippen MR) is 101 cm³/mol. The molecule has 0 fully saturated rings. The molecule has 8 heteroatoms. The lowest BCUT2D eigenvalue weighted by Crippen LogP contribution is -2.14. The van der Waals surface area contributed by atoms with Crippen LogP contribution < -0.4 is 25.8 Å². The molecular formula is C18H17ClN4O3. The minimum absolute atomic E-state index is 0.118. The van der Waals surface area contributed by atoms with E-state index in [1.165, 1.54) is 26.5 Å². The van der Waals surface area contributed by atoms with E-state index < -0.39 is 5.91 Å². The Hall–Kier alpha value is -3.37. The van der Waals surface area contributed by atoms with Gasteiger partial charge in [-0.05, 0) is 30.3 Å². The summed E-state index contributed by atoms with van der Waals surface area (Å²) in [6.07, 6.45) is 1.30. The molecule has 0 saturated carbocycles. The smallest absolute Gasteiger partial charge is 0.267 e. The first-order chi connectivity index (χ1) is 12.5. The highest BCUT2D eigenvalue weighted by Gasteiger charge is 2.11. The number of benzene rings is 2. The Kier molecular flexibility index (Phi) is 6.31. The van der Waals surface area contributed by atoms with Crippen molar-refractivity contribution in [3.63, 3.8) is 0 Å². The molecule has 0 heterocycles. The van der Waals surface area contributed by atoms with E-state index in [0.29, 0.717) is 33.6 Å². The lowest BCUT2D eigenvalue weighted by atomic mass is 10.2. The molecule has 0 aliphatic rings. The number of halogens is 1. The van der Waals surface area contributed by atoms with Crippen molar-refractivity contribution in [2.24, 2.45) is 0 Å². The van der Waals surface area contributed by atoms with Crippen LogP contribution >= 0.6 is 11.6 Å². The number of amides is 1. The van der Waals surface area contributed by atoms with E-state index in [9.17, 15) is 10.1 Å². The number of nitrogens with one attached hydrogen (secondary N) is 2. The largest absolute Gasteiger partial charge is 0.493 e.